The summed E-state index contributed by atoms with van der Waals surface area (Å²) in [5.41, 5.74) is 0.790. The Morgan fingerprint density at radius 1 is 1.19 bits per heavy atom. The van der Waals surface area contributed by atoms with Gasteiger partial charge in [-0.3, -0.25) is 4.79 Å². The number of amides is 1. The van der Waals surface area contributed by atoms with Crippen LogP contribution in [0.5, 0.6) is 11.6 Å². The van der Waals surface area contributed by atoms with Gasteiger partial charge in [0.05, 0.1) is 0 Å². The molecule has 0 unspecified atom stereocenters. The van der Waals surface area contributed by atoms with Crippen molar-refractivity contribution < 1.29 is 22.7 Å². The van der Waals surface area contributed by atoms with E-state index in [4.69, 9.17) is 4.74 Å². The smallest absolute Gasteiger partial charge is 0.439 e. The van der Waals surface area contributed by atoms with Crippen molar-refractivity contribution in [1.29, 1.82) is 0 Å². The number of aromatic nitrogens is 4. The predicted octanol–water partition coefficient (Wildman–Crippen LogP) is 2.95. The minimum atomic E-state index is -4.70. The average Bonchev–Trinajstić information content (AvgIpc) is 2.98. The number of nitrogens with zero attached hydrogens (tertiary/aromatic N) is 5. The molecule has 3 aromatic rings. The maximum atomic E-state index is 12.9. The lowest BCUT2D eigenvalue weighted by molar-refractivity contribution is -0.144. The highest BCUT2D eigenvalue weighted by Gasteiger charge is 2.37. The molecule has 26 heavy (non-hydrogen) atoms. The van der Waals surface area contributed by atoms with E-state index in [0.717, 1.165) is 4.52 Å². The van der Waals surface area contributed by atoms with Crippen LogP contribution in [0.1, 0.15) is 21.9 Å². The first-order valence-electron chi connectivity index (χ1n) is 7.46. The first-order valence-corrected chi connectivity index (χ1v) is 7.46. The van der Waals surface area contributed by atoms with Gasteiger partial charge in [-0.25, -0.2) is 4.98 Å². The van der Waals surface area contributed by atoms with Crippen molar-refractivity contribution in [1.82, 2.24) is 24.5 Å². The van der Waals surface area contributed by atoms with Gasteiger partial charge in [-0.1, -0.05) is 6.07 Å². The zero-order chi connectivity index (χ0) is 19.1. The van der Waals surface area contributed by atoms with E-state index in [1.807, 2.05) is 0 Å². The molecule has 0 aliphatic carbocycles. The molecule has 0 radical (unpaired) electrons. The highest BCUT2D eigenvalue weighted by molar-refractivity contribution is 5.94. The Morgan fingerprint density at radius 3 is 2.58 bits per heavy atom. The molecule has 0 spiro atoms. The number of carbonyl (C=O) groups excluding carboxylic acids is 1. The standard InChI is InChI=1S/C16H14F3N5O2/c1-9-7-12(24-15(20-9)21-14(22-24)16(17,18)19)26-11-6-4-5-10(8-11)13(25)23(2)3/h4-8H,1-3H3. The molecular weight excluding hydrogens is 351 g/mol. The van der Waals surface area contributed by atoms with Crippen molar-refractivity contribution in [2.45, 2.75) is 13.1 Å². The maximum absolute atomic E-state index is 12.9. The lowest BCUT2D eigenvalue weighted by Crippen LogP contribution is -2.21. The highest BCUT2D eigenvalue weighted by Crippen LogP contribution is 2.29. The van der Waals surface area contributed by atoms with Crippen LogP contribution >= 0.6 is 0 Å². The average molecular weight is 365 g/mol. The van der Waals surface area contributed by atoms with E-state index in [9.17, 15) is 18.0 Å². The normalized spacial score (nSPS) is 11.6. The quantitative estimate of drug-likeness (QED) is 0.714. The topological polar surface area (TPSA) is 72.6 Å². The zero-order valence-corrected chi connectivity index (χ0v) is 14.1. The summed E-state index contributed by atoms with van der Waals surface area (Å²) in [6, 6.07) is 7.73. The van der Waals surface area contributed by atoms with Crippen LogP contribution in [0.4, 0.5) is 13.2 Å². The number of hydrogen-bond acceptors (Lipinski definition) is 5. The Morgan fingerprint density at radius 2 is 1.92 bits per heavy atom. The Balaban J connectivity index is 2.02. The fourth-order valence-corrected chi connectivity index (χ4v) is 2.22. The van der Waals surface area contributed by atoms with Crippen LogP contribution in [0.25, 0.3) is 5.78 Å². The lowest BCUT2D eigenvalue weighted by atomic mass is 10.2. The predicted molar refractivity (Wildman–Crippen MR) is 85.1 cm³/mol. The molecule has 1 amide bonds. The van der Waals surface area contributed by atoms with Crippen LogP contribution in [0, 0.1) is 6.92 Å². The minimum absolute atomic E-state index is 0.00459. The maximum Gasteiger partial charge on any atom is 0.453 e. The summed E-state index contributed by atoms with van der Waals surface area (Å²) >= 11 is 0. The second-order valence-electron chi connectivity index (χ2n) is 5.71. The molecular formula is C16H14F3N5O2. The molecule has 0 saturated carbocycles. The molecule has 0 N–H and O–H groups in total. The van der Waals surface area contributed by atoms with E-state index >= 15 is 0 Å². The summed E-state index contributed by atoms with van der Waals surface area (Å²) in [4.78, 5) is 20.8. The van der Waals surface area contributed by atoms with Crippen molar-refractivity contribution in [2.75, 3.05) is 14.1 Å². The van der Waals surface area contributed by atoms with Gasteiger partial charge in [-0.15, -0.1) is 5.10 Å². The molecule has 0 atom stereocenters. The summed E-state index contributed by atoms with van der Waals surface area (Å²) in [5.74, 6) is -1.49. The summed E-state index contributed by atoms with van der Waals surface area (Å²) in [6.45, 7) is 1.60. The number of fused-ring (bicyclic) bond motifs is 1. The molecule has 0 aliphatic heterocycles. The van der Waals surface area contributed by atoms with Gasteiger partial charge in [0.15, 0.2) is 0 Å². The number of alkyl halides is 3. The number of halogens is 3. The molecule has 0 saturated heterocycles. The first-order chi connectivity index (χ1) is 12.1. The van der Waals surface area contributed by atoms with Crippen molar-refractivity contribution in [2.24, 2.45) is 0 Å². The van der Waals surface area contributed by atoms with Gasteiger partial charge in [0.25, 0.3) is 17.5 Å². The van der Waals surface area contributed by atoms with Crippen LogP contribution in [0.15, 0.2) is 30.3 Å². The van der Waals surface area contributed by atoms with Crippen LogP contribution in [-0.4, -0.2) is 44.5 Å². The monoisotopic (exact) mass is 365 g/mol. The van der Waals surface area contributed by atoms with Gasteiger partial charge < -0.3 is 9.64 Å². The Hall–Kier alpha value is -3.17. The summed E-state index contributed by atoms with van der Waals surface area (Å²) < 4.78 is 45.1. The Kier molecular flexibility index (Phi) is 4.26. The highest BCUT2D eigenvalue weighted by atomic mass is 19.4. The zero-order valence-electron chi connectivity index (χ0n) is 14.1. The van der Waals surface area contributed by atoms with E-state index in [1.54, 1.807) is 39.2 Å². The van der Waals surface area contributed by atoms with Gasteiger partial charge in [0.1, 0.15) is 5.75 Å². The minimum Gasteiger partial charge on any atom is -0.439 e. The third-order valence-electron chi connectivity index (χ3n) is 3.37. The molecule has 1 aromatic carbocycles. The van der Waals surface area contributed by atoms with Crippen molar-refractivity contribution >= 4 is 11.7 Å². The van der Waals surface area contributed by atoms with Crippen LogP contribution in [0.2, 0.25) is 0 Å². The van der Waals surface area contributed by atoms with E-state index in [2.05, 4.69) is 15.1 Å². The summed E-state index contributed by atoms with van der Waals surface area (Å²) in [7, 11) is 3.22. The van der Waals surface area contributed by atoms with E-state index < -0.39 is 12.0 Å². The number of carbonyl (C=O) groups is 1. The van der Waals surface area contributed by atoms with Crippen LogP contribution < -0.4 is 4.74 Å². The van der Waals surface area contributed by atoms with Crippen LogP contribution in [-0.2, 0) is 6.18 Å². The van der Waals surface area contributed by atoms with Gasteiger partial charge in [-0.05, 0) is 25.1 Å². The number of ether oxygens (including phenoxy) is 1. The fourth-order valence-electron chi connectivity index (χ4n) is 2.22. The molecule has 0 bridgehead atoms. The van der Waals surface area contributed by atoms with Crippen molar-refractivity contribution in [3.63, 3.8) is 0 Å². The fraction of sp³-hybridized carbons (Fsp3) is 0.250. The van der Waals surface area contributed by atoms with Crippen molar-refractivity contribution in [3.8, 4) is 11.6 Å². The van der Waals surface area contributed by atoms with Gasteiger partial charge in [-0.2, -0.15) is 22.7 Å². The van der Waals surface area contributed by atoms with Crippen LogP contribution in [0.3, 0.4) is 0 Å². The van der Waals surface area contributed by atoms with E-state index in [0.29, 0.717) is 11.3 Å². The van der Waals surface area contributed by atoms with Gasteiger partial charge in [0.2, 0.25) is 5.88 Å². The second kappa shape index (κ2) is 6.28. The molecule has 136 valence electrons. The number of aryl methyl sites for hydroxylation is 1. The molecule has 2 heterocycles. The molecule has 2 aromatic heterocycles. The first kappa shape index (κ1) is 17.6. The third kappa shape index (κ3) is 3.44. The van der Waals surface area contributed by atoms with E-state index in [1.165, 1.54) is 17.0 Å². The summed E-state index contributed by atoms with van der Waals surface area (Å²) in [5, 5.41) is 3.42. The second-order valence-corrected chi connectivity index (χ2v) is 5.71. The Labute approximate surface area is 146 Å². The molecule has 7 nitrogen and oxygen atoms in total. The lowest BCUT2D eigenvalue weighted by Gasteiger charge is -2.12. The third-order valence-corrected chi connectivity index (χ3v) is 3.37. The SMILES string of the molecule is Cc1cc(Oc2cccc(C(=O)N(C)C)c2)n2nc(C(F)(F)F)nc2n1. The number of benzene rings is 1. The van der Waals surface area contributed by atoms with Crippen molar-refractivity contribution in [3.05, 3.63) is 47.4 Å². The number of hydrogen-bond donors (Lipinski definition) is 0. The largest absolute Gasteiger partial charge is 0.453 e. The molecule has 10 heteroatoms. The molecule has 3 rings (SSSR count). The summed E-state index contributed by atoms with van der Waals surface area (Å²) in [6.07, 6.45) is -4.70. The van der Waals surface area contributed by atoms with Gasteiger partial charge >= 0.3 is 6.18 Å². The number of rotatable bonds is 3. The molecule has 0 aliphatic rings. The Bertz CT molecular complexity index is 982. The van der Waals surface area contributed by atoms with Gasteiger partial charge in [0, 0.05) is 31.4 Å². The molecule has 0 fully saturated rings. The van der Waals surface area contributed by atoms with E-state index in [-0.39, 0.29) is 23.3 Å².